The number of nitrogens with zero attached hydrogens (tertiary/aromatic N) is 1. The van der Waals surface area contributed by atoms with Gasteiger partial charge in [-0.05, 0) is 24.1 Å². The first-order valence-corrected chi connectivity index (χ1v) is 7.39. The number of hydrogen-bond donors (Lipinski definition) is 2. The molecular weight excluding hydrogens is 268 g/mol. The SMILES string of the molecule is CCCCN(C)c1ccc(CNCCC(=O)O)cc1OC. The van der Waals surface area contributed by atoms with E-state index in [1.54, 1.807) is 7.11 Å². The molecular formula is C16H26N2O3. The van der Waals surface area contributed by atoms with Crippen molar-refractivity contribution in [1.29, 1.82) is 0 Å². The van der Waals surface area contributed by atoms with Gasteiger partial charge in [0.2, 0.25) is 0 Å². The van der Waals surface area contributed by atoms with Gasteiger partial charge in [0.25, 0.3) is 0 Å². The molecule has 0 amide bonds. The third-order valence-electron chi connectivity index (χ3n) is 3.35. The van der Waals surface area contributed by atoms with E-state index in [0.29, 0.717) is 13.1 Å². The van der Waals surface area contributed by atoms with Crippen molar-refractivity contribution in [3.63, 3.8) is 0 Å². The van der Waals surface area contributed by atoms with Gasteiger partial charge in [-0.3, -0.25) is 4.79 Å². The van der Waals surface area contributed by atoms with E-state index in [4.69, 9.17) is 9.84 Å². The lowest BCUT2D eigenvalue weighted by Crippen LogP contribution is -2.20. The van der Waals surface area contributed by atoms with E-state index in [2.05, 4.69) is 30.3 Å². The molecule has 1 aromatic carbocycles. The molecule has 1 rings (SSSR count). The molecule has 1 aromatic rings. The average Bonchev–Trinajstić information content (AvgIpc) is 2.48. The number of anilines is 1. The van der Waals surface area contributed by atoms with Crippen LogP contribution < -0.4 is 15.0 Å². The van der Waals surface area contributed by atoms with Gasteiger partial charge in [0.15, 0.2) is 0 Å². The fourth-order valence-electron chi connectivity index (χ4n) is 2.09. The number of carbonyl (C=O) groups is 1. The summed E-state index contributed by atoms with van der Waals surface area (Å²) in [5, 5.41) is 11.7. The molecule has 0 fully saturated rings. The minimum atomic E-state index is -0.784. The number of methoxy groups -OCH3 is 1. The third kappa shape index (κ3) is 6.04. The topological polar surface area (TPSA) is 61.8 Å². The summed E-state index contributed by atoms with van der Waals surface area (Å²) >= 11 is 0. The summed E-state index contributed by atoms with van der Waals surface area (Å²) in [6.07, 6.45) is 2.45. The quantitative estimate of drug-likeness (QED) is 0.649. The van der Waals surface area contributed by atoms with Crippen molar-refractivity contribution in [2.45, 2.75) is 32.7 Å². The fraction of sp³-hybridized carbons (Fsp3) is 0.562. The Hall–Kier alpha value is -1.75. The van der Waals surface area contributed by atoms with Gasteiger partial charge in [-0.1, -0.05) is 19.4 Å². The zero-order valence-electron chi connectivity index (χ0n) is 13.2. The number of carboxylic acid groups (broad SMARTS) is 1. The summed E-state index contributed by atoms with van der Waals surface area (Å²) in [7, 11) is 3.74. The van der Waals surface area contributed by atoms with Crippen LogP contribution in [0.4, 0.5) is 5.69 Å². The van der Waals surface area contributed by atoms with E-state index in [9.17, 15) is 4.79 Å². The van der Waals surface area contributed by atoms with Gasteiger partial charge in [-0.15, -0.1) is 0 Å². The second-order valence-corrected chi connectivity index (χ2v) is 5.10. The van der Waals surface area contributed by atoms with Crippen LogP contribution in [0.1, 0.15) is 31.7 Å². The molecule has 0 aliphatic rings. The van der Waals surface area contributed by atoms with Crippen molar-refractivity contribution in [2.24, 2.45) is 0 Å². The van der Waals surface area contributed by atoms with Crippen LogP contribution in [0.5, 0.6) is 5.75 Å². The molecule has 21 heavy (non-hydrogen) atoms. The van der Waals surface area contributed by atoms with E-state index < -0.39 is 5.97 Å². The van der Waals surface area contributed by atoms with Crippen molar-refractivity contribution in [3.8, 4) is 5.75 Å². The Balaban J connectivity index is 2.63. The Morgan fingerprint density at radius 2 is 2.19 bits per heavy atom. The molecule has 118 valence electrons. The predicted octanol–water partition coefficient (Wildman–Crippen LogP) is 2.50. The lowest BCUT2D eigenvalue weighted by atomic mass is 10.1. The van der Waals surface area contributed by atoms with Crippen LogP contribution in [0.25, 0.3) is 0 Å². The summed E-state index contributed by atoms with van der Waals surface area (Å²) in [5.41, 5.74) is 2.17. The molecule has 0 radical (unpaired) electrons. The van der Waals surface area contributed by atoms with Crippen LogP contribution in [0.3, 0.4) is 0 Å². The number of hydrogen-bond acceptors (Lipinski definition) is 4. The molecule has 0 aliphatic carbocycles. The van der Waals surface area contributed by atoms with Crippen molar-refractivity contribution in [3.05, 3.63) is 23.8 Å². The van der Waals surface area contributed by atoms with Crippen LogP contribution in [-0.2, 0) is 11.3 Å². The molecule has 0 saturated heterocycles. The fourth-order valence-corrected chi connectivity index (χ4v) is 2.09. The second-order valence-electron chi connectivity index (χ2n) is 5.10. The molecule has 2 N–H and O–H groups in total. The van der Waals surface area contributed by atoms with Crippen molar-refractivity contribution < 1.29 is 14.6 Å². The third-order valence-corrected chi connectivity index (χ3v) is 3.35. The van der Waals surface area contributed by atoms with Gasteiger partial charge in [0, 0.05) is 26.7 Å². The maximum atomic E-state index is 10.5. The first-order valence-electron chi connectivity index (χ1n) is 7.39. The number of aliphatic carboxylic acids is 1. The van der Waals surface area contributed by atoms with Crippen molar-refractivity contribution in [2.75, 3.05) is 32.1 Å². The van der Waals surface area contributed by atoms with E-state index in [1.807, 2.05) is 12.1 Å². The molecule has 0 saturated carbocycles. The van der Waals surface area contributed by atoms with E-state index in [0.717, 1.165) is 36.4 Å². The summed E-state index contributed by atoms with van der Waals surface area (Å²) in [5.74, 6) is 0.0686. The van der Waals surface area contributed by atoms with Crippen LogP contribution in [0.2, 0.25) is 0 Å². The predicted molar refractivity (Wildman–Crippen MR) is 85.1 cm³/mol. The smallest absolute Gasteiger partial charge is 0.304 e. The Morgan fingerprint density at radius 3 is 2.81 bits per heavy atom. The summed E-state index contributed by atoms with van der Waals surface area (Å²) in [4.78, 5) is 12.6. The monoisotopic (exact) mass is 294 g/mol. The minimum absolute atomic E-state index is 0.134. The van der Waals surface area contributed by atoms with Gasteiger partial charge < -0.3 is 20.1 Å². The zero-order chi connectivity index (χ0) is 15.7. The summed E-state index contributed by atoms with van der Waals surface area (Å²) < 4.78 is 5.47. The highest BCUT2D eigenvalue weighted by molar-refractivity contribution is 5.66. The first-order chi connectivity index (χ1) is 10.1. The van der Waals surface area contributed by atoms with E-state index in [-0.39, 0.29) is 6.42 Å². The molecule has 0 unspecified atom stereocenters. The number of nitrogens with one attached hydrogen (secondary N) is 1. The lowest BCUT2D eigenvalue weighted by Gasteiger charge is -2.22. The average molecular weight is 294 g/mol. The summed E-state index contributed by atoms with van der Waals surface area (Å²) in [6.45, 7) is 4.29. The lowest BCUT2D eigenvalue weighted by molar-refractivity contribution is -0.136. The molecule has 0 aliphatic heterocycles. The maximum absolute atomic E-state index is 10.5. The number of ether oxygens (including phenoxy) is 1. The Bertz CT molecular complexity index is 449. The maximum Gasteiger partial charge on any atom is 0.304 e. The van der Waals surface area contributed by atoms with E-state index in [1.165, 1.54) is 0 Å². The van der Waals surface area contributed by atoms with Crippen molar-refractivity contribution in [1.82, 2.24) is 5.32 Å². The van der Waals surface area contributed by atoms with Gasteiger partial charge in [0.05, 0.1) is 19.2 Å². The number of unbranched alkanes of at least 4 members (excludes halogenated alkanes) is 1. The highest BCUT2D eigenvalue weighted by atomic mass is 16.5. The van der Waals surface area contributed by atoms with E-state index >= 15 is 0 Å². The molecule has 0 spiro atoms. The molecule has 5 nitrogen and oxygen atoms in total. The molecule has 5 heteroatoms. The normalized spacial score (nSPS) is 10.4. The Morgan fingerprint density at radius 1 is 1.43 bits per heavy atom. The first kappa shape index (κ1) is 17.3. The molecule has 0 aromatic heterocycles. The standard InChI is InChI=1S/C16H26N2O3/c1-4-5-10-18(2)14-7-6-13(11-15(14)21-3)12-17-9-8-16(19)20/h6-7,11,17H,4-5,8-10,12H2,1-3H3,(H,19,20). The highest BCUT2D eigenvalue weighted by Gasteiger charge is 2.09. The van der Waals surface area contributed by atoms with Crippen LogP contribution in [0, 0.1) is 0 Å². The molecule has 0 bridgehead atoms. The number of rotatable bonds is 10. The number of carboxylic acids is 1. The molecule has 0 heterocycles. The van der Waals surface area contributed by atoms with Crippen LogP contribution in [0.15, 0.2) is 18.2 Å². The minimum Gasteiger partial charge on any atom is -0.495 e. The zero-order valence-corrected chi connectivity index (χ0v) is 13.2. The van der Waals surface area contributed by atoms with Crippen LogP contribution in [-0.4, -0.2) is 38.3 Å². The van der Waals surface area contributed by atoms with Gasteiger partial charge in [0.1, 0.15) is 5.75 Å². The van der Waals surface area contributed by atoms with Gasteiger partial charge >= 0.3 is 5.97 Å². The van der Waals surface area contributed by atoms with Crippen molar-refractivity contribution >= 4 is 11.7 Å². The summed E-state index contributed by atoms with van der Waals surface area (Å²) in [6, 6.07) is 6.11. The second kappa shape index (κ2) is 9.23. The molecule has 0 atom stereocenters. The number of benzene rings is 1. The Labute approximate surface area is 126 Å². The van der Waals surface area contributed by atoms with Crippen LogP contribution >= 0.6 is 0 Å². The van der Waals surface area contributed by atoms with Gasteiger partial charge in [-0.2, -0.15) is 0 Å². The Kier molecular flexibility index (Phi) is 7.61. The largest absolute Gasteiger partial charge is 0.495 e. The van der Waals surface area contributed by atoms with Gasteiger partial charge in [-0.25, -0.2) is 0 Å². The highest BCUT2D eigenvalue weighted by Crippen LogP contribution is 2.28.